The van der Waals surface area contributed by atoms with Gasteiger partial charge in [-0.15, -0.1) is 0 Å². The van der Waals surface area contributed by atoms with Crippen LogP contribution in [-0.2, 0) is 9.53 Å². The fourth-order valence-electron chi connectivity index (χ4n) is 7.11. The molecule has 0 amide bonds. The van der Waals surface area contributed by atoms with Crippen molar-refractivity contribution in [3.05, 3.63) is 24.0 Å². The average Bonchev–Trinajstić information content (AvgIpc) is 2.92. The molecule has 0 bridgehead atoms. The molecule has 1 N–H and O–H groups in total. The standard InChI is InChI=1S/C22H30O4/c1-21-11-8-19-17(5-3-15-13-16(23)7-10-22(15,19)2)18(21)6-4-14(21)9-12-26-20(24)25/h9,12-14,17-19H,3-8,10-11H2,1-2H3,(H,24,25)/b12-9-/t14-,17-,18-,19-,21+,22-/m0/s1. The van der Waals surface area contributed by atoms with Gasteiger partial charge in [0, 0.05) is 6.42 Å². The summed E-state index contributed by atoms with van der Waals surface area (Å²) in [6.45, 7) is 4.83. The van der Waals surface area contributed by atoms with Crippen LogP contribution in [-0.4, -0.2) is 17.0 Å². The molecule has 0 aliphatic heterocycles. The first-order chi connectivity index (χ1) is 12.3. The maximum Gasteiger partial charge on any atom is 0.510 e. The Bertz CT molecular complexity index is 678. The molecule has 0 unspecified atom stereocenters. The van der Waals surface area contributed by atoms with E-state index in [-0.39, 0.29) is 10.8 Å². The van der Waals surface area contributed by atoms with Gasteiger partial charge in [-0.3, -0.25) is 4.79 Å². The predicted molar refractivity (Wildman–Crippen MR) is 98.4 cm³/mol. The minimum Gasteiger partial charge on any atom is -0.449 e. The lowest BCUT2D eigenvalue weighted by Gasteiger charge is -2.58. The molecule has 0 aromatic rings. The molecular formula is C22H30O4. The number of rotatable bonds is 2. The van der Waals surface area contributed by atoms with E-state index in [1.54, 1.807) is 0 Å². The van der Waals surface area contributed by atoms with Crippen LogP contribution >= 0.6 is 0 Å². The lowest BCUT2D eigenvalue weighted by Crippen LogP contribution is -2.50. The molecule has 0 radical (unpaired) electrons. The molecule has 142 valence electrons. The summed E-state index contributed by atoms with van der Waals surface area (Å²) >= 11 is 0. The molecule has 0 aromatic heterocycles. The van der Waals surface area contributed by atoms with Gasteiger partial charge >= 0.3 is 6.16 Å². The van der Waals surface area contributed by atoms with Gasteiger partial charge in [0.15, 0.2) is 5.78 Å². The summed E-state index contributed by atoms with van der Waals surface area (Å²) in [7, 11) is 0. The molecule has 0 spiro atoms. The summed E-state index contributed by atoms with van der Waals surface area (Å²) < 4.78 is 4.63. The molecule has 4 nitrogen and oxygen atoms in total. The van der Waals surface area contributed by atoms with Crippen LogP contribution in [0.4, 0.5) is 4.79 Å². The van der Waals surface area contributed by atoms with E-state index in [0.717, 1.165) is 25.2 Å². The highest BCUT2D eigenvalue weighted by Gasteiger charge is 2.58. The fourth-order valence-corrected chi connectivity index (χ4v) is 7.11. The van der Waals surface area contributed by atoms with Crippen LogP contribution in [0.1, 0.15) is 65.2 Å². The number of carbonyl (C=O) groups is 2. The van der Waals surface area contributed by atoms with Gasteiger partial charge in [0.05, 0.1) is 6.26 Å². The van der Waals surface area contributed by atoms with E-state index in [9.17, 15) is 9.59 Å². The molecule has 4 aliphatic rings. The summed E-state index contributed by atoms with van der Waals surface area (Å²) in [4.78, 5) is 22.5. The van der Waals surface area contributed by atoms with Gasteiger partial charge in [-0.2, -0.15) is 0 Å². The number of allylic oxidation sites excluding steroid dienone is 2. The molecule has 4 rings (SSSR count). The largest absolute Gasteiger partial charge is 0.510 e. The second kappa shape index (κ2) is 6.24. The Kier molecular flexibility index (Phi) is 4.28. The molecule has 4 heteroatoms. The van der Waals surface area contributed by atoms with Crippen molar-refractivity contribution < 1.29 is 19.4 Å². The first-order valence-electron chi connectivity index (χ1n) is 10.1. The third-order valence-corrected chi connectivity index (χ3v) is 8.52. The Labute approximate surface area is 155 Å². The van der Waals surface area contributed by atoms with E-state index in [2.05, 4.69) is 18.6 Å². The molecule has 0 saturated heterocycles. The van der Waals surface area contributed by atoms with Crippen molar-refractivity contribution >= 4 is 11.9 Å². The second-order valence-electron chi connectivity index (χ2n) is 9.41. The molecule has 4 aliphatic carbocycles. The zero-order chi connectivity index (χ0) is 18.5. The molecule has 26 heavy (non-hydrogen) atoms. The quantitative estimate of drug-likeness (QED) is 0.534. The number of carboxylic acid groups (broad SMARTS) is 1. The van der Waals surface area contributed by atoms with Gasteiger partial charge in [-0.1, -0.05) is 19.4 Å². The maximum absolute atomic E-state index is 11.9. The van der Waals surface area contributed by atoms with Crippen LogP contribution < -0.4 is 0 Å². The van der Waals surface area contributed by atoms with Gasteiger partial charge in [0.2, 0.25) is 0 Å². The Morgan fingerprint density at radius 1 is 1.15 bits per heavy atom. The van der Waals surface area contributed by atoms with Gasteiger partial charge < -0.3 is 9.84 Å². The highest BCUT2D eigenvalue weighted by Crippen LogP contribution is 2.66. The fraction of sp³-hybridized carbons (Fsp3) is 0.727. The van der Waals surface area contributed by atoms with E-state index in [1.807, 2.05) is 12.2 Å². The Balaban J connectivity index is 1.56. The first-order valence-corrected chi connectivity index (χ1v) is 10.1. The zero-order valence-corrected chi connectivity index (χ0v) is 15.9. The number of hydrogen-bond acceptors (Lipinski definition) is 3. The van der Waals surface area contributed by atoms with Crippen LogP contribution in [0.3, 0.4) is 0 Å². The van der Waals surface area contributed by atoms with Crippen molar-refractivity contribution in [2.45, 2.75) is 65.2 Å². The number of hydrogen-bond donors (Lipinski definition) is 1. The molecule has 0 aromatic carbocycles. The minimum absolute atomic E-state index is 0.221. The van der Waals surface area contributed by atoms with Crippen LogP contribution in [0.5, 0.6) is 0 Å². The van der Waals surface area contributed by atoms with Crippen LogP contribution in [0.25, 0.3) is 0 Å². The van der Waals surface area contributed by atoms with Gasteiger partial charge in [-0.05, 0) is 91.6 Å². The second-order valence-corrected chi connectivity index (χ2v) is 9.41. The summed E-state index contributed by atoms with van der Waals surface area (Å²) in [5.41, 5.74) is 1.89. The molecular weight excluding hydrogens is 328 g/mol. The SMILES string of the molecule is C[C@]12CC[C@H]3[C@@H](CCC4=CC(=O)CC[C@@]43C)[C@@H]1CC[C@H]2/C=C\OC(=O)O. The van der Waals surface area contributed by atoms with Gasteiger partial charge in [0.25, 0.3) is 0 Å². The van der Waals surface area contributed by atoms with Crippen LogP contribution in [0, 0.1) is 34.5 Å². The van der Waals surface area contributed by atoms with Crippen molar-refractivity contribution in [3.8, 4) is 0 Å². The molecule has 6 atom stereocenters. The van der Waals surface area contributed by atoms with Gasteiger partial charge in [-0.25, -0.2) is 4.79 Å². The van der Waals surface area contributed by atoms with Gasteiger partial charge in [0.1, 0.15) is 0 Å². The van der Waals surface area contributed by atoms with E-state index < -0.39 is 6.16 Å². The molecule has 3 saturated carbocycles. The predicted octanol–water partition coefficient (Wildman–Crippen LogP) is 5.34. The lowest BCUT2D eigenvalue weighted by atomic mass is 9.47. The minimum atomic E-state index is -1.24. The first kappa shape index (κ1) is 17.8. The Morgan fingerprint density at radius 2 is 1.96 bits per heavy atom. The highest BCUT2D eigenvalue weighted by atomic mass is 16.7. The van der Waals surface area contributed by atoms with Crippen LogP contribution in [0.15, 0.2) is 24.0 Å². The number of fused-ring (bicyclic) bond motifs is 5. The summed E-state index contributed by atoms with van der Waals surface area (Å²) in [5.74, 6) is 2.87. The highest BCUT2D eigenvalue weighted by molar-refractivity contribution is 5.91. The number of ether oxygens (including phenoxy) is 1. The maximum atomic E-state index is 11.9. The smallest absolute Gasteiger partial charge is 0.449 e. The van der Waals surface area contributed by atoms with Crippen LogP contribution in [0.2, 0.25) is 0 Å². The van der Waals surface area contributed by atoms with E-state index >= 15 is 0 Å². The zero-order valence-electron chi connectivity index (χ0n) is 15.9. The van der Waals surface area contributed by atoms with E-state index in [4.69, 9.17) is 5.11 Å². The summed E-state index contributed by atoms with van der Waals surface area (Å²) in [6.07, 6.45) is 12.9. The Morgan fingerprint density at radius 3 is 2.73 bits per heavy atom. The molecule has 0 heterocycles. The normalized spacial score (nSPS) is 44.8. The number of carbonyl (C=O) groups excluding carboxylic acids is 1. The Hall–Kier alpha value is -1.58. The number of ketones is 1. The van der Waals surface area contributed by atoms with Crippen molar-refractivity contribution in [2.24, 2.45) is 34.5 Å². The van der Waals surface area contributed by atoms with Crippen molar-refractivity contribution in [3.63, 3.8) is 0 Å². The monoisotopic (exact) mass is 358 g/mol. The van der Waals surface area contributed by atoms with E-state index in [0.29, 0.717) is 30.0 Å². The van der Waals surface area contributed by atoms with Crippen molar-refractivity contribution in [2.75, 3.05) is 0 Å². The third kappa shape index (κ3) is 2.64. The average molecular weight is 358 g/mol. The lowest BCUT2D eigenvalue weighted by molar-refractivity contribution is -0.117. The van der Waals surface area contributed by atoms with Crippen molar-refractivity contribution in [1.29, 1.82) is 0 Å². The topological polar surface area (TPSA) is 63.6 Å². The summed E-state index contributed by atoms with van der Waals surface area (Å²) in [5, 5.41) is 8.69. The molecule has 3 fully saturated rings. The van der Waals surface area contributed by atoms with E-state index in [1.165, 1.54) is 37.5 Å². The third-order valence-electron chi connectivity index (χ3n) is 8.52. The summed E-state index contributed by atoms with van der Waals surface area (Å²) in [6, 6.07) is 0. The van der Waals surface area contributed by atoms with Crippen molar-refractivity contribution in [1.82, 2.24) is 0 Å².